The van der Waals surface area contributed by atoms with Gasteiger partial charge in [-0.2, -0.15) is 0 Å². The van der Waals surface area contributed by atoms with E-state index < -0.39 is 15.8 Å². The highest BCUT2D eigenvalue weighted by molar-refractivity contribution is 7.91. The Morgan fingerprint density at radius 1 is 1.03 bits per heavy atom. The van der Waals surface area contributed by atoms with Crippen LogP contribution in [0.3, 0.4) is 0 Å². The molecule has 0 spiro atoms. The Morgan fingerprint density at radius 2 is 1.79 bits per heavy atom. The molecule has 38 heavy (non-hydrogen) atoms. The third-order valence-corrected chi connectivity index (χ3v) is 9.17. The van der Waals surface area contributed by atoms with Gasteiger partial charge in [-0.1, -0.05) is 54.4 Å². The monoisotopic (exact) mass is 530 g/mol. The molecule has 196 valence electrons. The van der Waals surface area contributed by atoms with Gasteiger partial charge >= 0.3 is 5.97 Å². The Bertz CT molecular complexity index is 1600. The highest BCUT2D eigenvalue weighted by Gasteiger charge is 2.35. The zero-order valence-electron chi connectivity index (χ0n) is 21.1. The van der Waals surface area contributed by atoms with Gasteiger partial charge in [0.15, 0.2) is 0 Å². The fraction of sp³-hybridized carbons (Fsp3) is 0.267. The van der Waals surface area contributed by atoms with E-state index >= 15 is 0 Å². The maximum absolute atomic E-state index is 13.9. The average molecular weight is 531 g/mol. The quantitative estimate of drug-likeness (QED) is 0.272. The Morgan fingerprint density at radius 3 is 2.55 bits per heavy atom. The normalized spacial score (nSPS) is 17.5. The minimum Gasteiger partial charge on any atom is -0.486 e. The van der Waals surface area contributed by atoms with E-state index in [4.69, 9.17) is 10.5 Å². The van der Waals surface area contributed by atoms with Crippen molar-refractivity contribution in [3.05, 3.63) is 89.6 Å². The van der Waals surface area contributed by atoms with Gasteiger partial charge in [-0.3, -0.25) is 4.79 Å². The smallest absolute Gasteiger partial charge is 0.303 e. The van der Waals surface area contributed by atoms with Crippen molar-refractivity contribution < 1.29 is 23.1 Å². The predicted octanol–water partition coefficient (Wildman–Crippen LogP) is 5.90. The van der Waals surface area contributed by atoms with Crippen molar-refractivity contribution in [2.45, 2.75) is 54.9 Å². The van der Waals surface area contributed by atoms with Crippen LogP contribution in [0.2, 0.25) is 0 Å². The topological polar surface area (TPSA) is 120 Å². The van der Waals surface area contributed by atoms with E-state index in [1.807, 2.05) is 43.3 Å². The third kappa shape index (κ3) is 5.09. The molecule has 7 nitrogen and oxygen atoms in total. The van der Waals surface area contributed by atoms with Crippen molar-refractivity contribution in [2.24, 2.45) is 5.92 Å². The van der Waals surface area contributed by atoms with Crippen LogP contribution >= 0.6 is 0 Å². The zero-order valence-corrected chi connectivity index (χ0v) is 21.9. The number of ether oxygens (including phenoxy) is 1. The van der Waals surface area contributed by atoms with Crippen molar-refractivity contribution in [3.8, 4) is 5.75 Å². The SMILES string of the molecule is Cc1ccc(S(=O)(=O)c2c(OCc3ccc4ccccc4n3)ccc(C3CCCC3CC(=O)O)c2N)cc1. The van der Waals surface area contributed by atoms with Crippen molar-refractivity contribution in [1.82, 2.24) is 4.98 Å². The molecule has 0 amide bonds. The number of nitrogens with zero attached hydrogens (tertiary/aromatic N) is 1. The molecular weight excluding hydrogens is 500 g/mol. The number of nitrogen functional groups attached to an aromatic ring is 1. The van der Waals surface area contributed by atoms with Crippen LogP contribution in [0.25, 0.3) is 10.9 Å². The second-order valence-corrected chi connectivity index (χ2v) is 11.8. The summed E-state index contributed by atoms with van der Waals surface area (Å²) in [6.07, 6.45) is 2.42. The molecule has 8 heteroatoms. The number of carboxylic acids is 1. The van der Waals surface area contributed by atoms with Gasteiger partial charge in [0.2, 0.25) is 9.84 Å². The lowest BCUT2D eigenvalue weighted by Gasteiger charge is -2.23. The first-order valence-electron chi connectivity index (χ1n) is 12.7. The molecule has 1 heterocycles. The van der Waals surface area contributed by atoms with Gasteiger partial charge in [0.05, 0.1) is 21.8 Å². The first-order valence-corrected chi connectivity index (χ1v) is 14.2. The number of anilines is 1. The third-order valence-electron chi connectivity index (χ3n) is 7.32. The molecule has 2 unspecified atom stereocenters. The zero-order chi connectivity index (χ0) is 26.9. The molecule has 3 N–H and O–H groups in total. The van der Waals surface area contributed by atoms with Crippen LogP contribution in [0, 0.1) is 12.8 Å². The van der Waals surface area contributed by atoms with Crippen molar-refractivity contribution in [1.29, 1.82) is 0 Å². The number of aromatic nitrogens is 1. The van der Waals surface area contributed by atoms with E-state index in [1.165, 1.54) is 0 Å². The van der Waals surface area contributed by atoms with Crippen LogP contribution in [0.4, 0.5) is 5.69 Å². The lowest BCUT2D eigenvalue weighted by Crippen LogP contribution is -2.16. The standard InChI is InChI=1S/C30H30N2O5S/c1-19-9-13-23(14-10-19)38(35,36)30-27(37-18-22-12-11-20-5-2-3-8-26(20)32-22)16-15-25(29(30)31)24-7-4-6-21(24)17-28(33)34/h2-3,5,8-16,21,24H,4,6-7,17-18,31H2,1H3,(H,33,34). The van der Waals surface area contributed by atoms with Gasteiger partial charge < -0.3 is 15.6 Å². The second-order valence-electron chi connectivity index (χ2n) is 9.89. The largest absolute Gasteiger partial charge is 0.486 e. The number of aryl methyl sites for hydroxylation is 1. The number of fused-ring (bicyclic) bond motifs is 1. The summed E-state index contributed by atoms with van der Waals surface area (Å²) < 4.78 is 33.9. The average Bonchev–Trinajstić information content (AvgIpc) is 3.34. The number of rotatable bonds is 8. The van der Waals surface area contributed by atoms with Gasteiger partial charge in [0.25, 0.3) is 0 Å². The molecule has 1 aromatic heterocycles. The first-order chi connectivity index (χ1) is 18.2. The molecule has 0 aliphatic heterocycles. The molecule has 0 radical (unpaired) electrons. The molecule has 2 atom stereocenters. The number of para-hydroxylation sites is 1. The van der Waals surface area contributed by atoms with E-state index in [-0.39, 0.29) is 46.1 Å². The molecule has 3 aromatic carbocycles. The van der Waals surface area contributed by atoms with E-state index in [9.17, 15) is 18.3 Å². The fourth-order valence-electron chi connectivity index (χ4n) is 5.40. The van der Waals surface area contributed by atoms with Crippen LogP contribution < -0.4 is 10.5 Å². The molecule has 0 saturated heterocycles. The summed E-state index contributed by atoms with van der Waals surface area (Å²) in [5.41, 5.74) is 9.83. The summed E-state index contributed by atoms with van der Waals surface area (Å²) in [7, 11) is -4.04. The molecule has 5 rings (SSSR count). The molecule has 1 aliphatic rings. The second kappa shape index (κ2) is 10.5. The van der Waals surface area contributed by atoms with E-state index in [1.54, 1.807) is 36.4 Å². The lowest BCUT2D eigenvalue weighted by molar-refractivity contribution is -0.138. The highest BCUT2D eigenvalue weighted by atomic mass is 32.2. The maximum atomic E-state index is 13.9. The van der Waals surface area contributed by atoms with Gasteiger partial charge in [0.1, 0.15) is 17.3 Å². The van der Waals surface area contributed by atoms with Crippen molar-refractivity contribution >= 4 is 32.4 Å². The van der Waals surface area contributed by atoms with E-state index in [0.717, 1.165) is 35.7 Å². The van der Waals surface area contributed by atoms with Crippen LogP contribution in [-0.4, -0.2) is 24.5 Å². The fourth-order valence-corrected chi connectivity index (χ4v) is 6.93. The number of sulfone groups is 1. The maximum Gasteiger partial charge on any atom is 0.303 e. The number of hydrogen-bond acceptors (Lipinski definition) is 6. The number of carboxylic acid groups (broad SMARTS) is 1. The first kappa shape index (κ1) is 25.7. The van der Waals surface area contributed by atoms with Crippen molar-refractivity contribution in [3.63, 3.8) is 0 Å². The number of aliphatic carboxylic acids is 1. The predicted molar refractivity (Wildman–Crippen MR) is 146 cm³/mol. The van der Waals surface area contributed by atoms with Crippen molar-refractivity contribution in [2.75, 3.05) is 5.73 Å². The molecule has 1 fully saturated rings. The molecule has 4 aromatic rings. The number of nitrogens with two attached hydrogens (primary N) is 1. The molecular formula is C30H30N2O5S. The van der Waals surface area contributed by atoms with Gasteiger partial charge in [0, 0.05) is 11.8 Å². The Labute approximate surface area is 222 Å². The van der Waals surface area contributed by atoms with Crippen LogP contribution in [0.1, 0.15) is 48.4 Å². The molecule has 1 saturated carbocycles. The Hall–Kier alpha value is -3.91. The van der Waals surface area contributed by atoms with Gasteiger partial charge in [-0.25, -0.2) is 13.4 Å². The van der Waals surface area contributed by atoms with Gasteiger partial charge in [-0.15, -0.1) is 0 Å². The van der Waals surface area contributed by atoms with Gasteiger partial charge in [-0.05, 0) is 67.5 Å². The van der Waals surface area contributed by atoms with E-state index in [0.29, 0.717) is 11.3 Å². The van der Waals surface area contributed by atoms with E-state index in [2.05, 4.69) is 4.98 Å². The Balaban J connectivity index is 1.56. The summed E-state index contributed by atoms with van der Waals surface area (Å²) >= 11 is 0. The molecule has 0 bridgehead atoms. The number of benzene rings is 3. The minimum absolute atomic E-state index is 0.0238. The molecule has 1 aliphatic carbocycles. The Kier molecular flexibility index (Phi) is 7.08. The summed E-state index contributed by atoms with van der Waals surface area (Å²) in [6, 6.07) is 21.6. The highest BCUT2D eigenvalue weighted by Crippen LogP contribution is 2.47. The summed E-state index contributed by atoms with van der Waals surface area (Å²) in [5.74, 6) is -0.946. The number of carbonyl (C=O) groups is 1. The number of hydrogen-bond donors (Lipinski definition) is 2. The minimum atomic E-state index is -4.04. The van der Waals surface area contributed by atoms with Crippen LogP contribution in [-0.2, 0) is 21.2 Å². The summed E-state index contributed by atoms with van der Waals surface area (Å²) in [4.78, 5) is 16.1. The van der Waals surface area contributed by atoms with Crippen LogP contribution in [0.5, 0.6) is 5.75 Å². The lowest BCUT2D eigenvalue weighted by atomic mass is 9.86. The summed E-state index contributed by atoms with van der Waals surface area (Å²) in [6.45, 7) is 1.95. The van der Waals surface area contributed by atoms with Crippen LogP contribution in [0.15, 0.2) is 82.6 Å². The number of pyridine rings is 1. The summed E-state index contributed by atoms with van der Waals surface area (Å²) in [5, 5.41) is 10.4.